The Labute approximate surface area is 151 Å². The molecule has 1 saturated heterocycles. The van der Waals surface area contributed by atoms with Crippen molar-refractivity contribution in [3.63, 3.8) is 0 Å². The minimum Gasteiger partial charge on any atom is -0.406 e. The topological polar surface area (TPSA) is 50.4 Å². The zero-order chi connectivity index (χ0) is 17.6. The zero-order valence-electron chi connectivity index (χ0n) is 14.1. The number of amides is 1. The van der Waals surface area contributed by atoms with Gasteiger partial charge in [-0.15, -0.1) is 25.6 Å². The second-order valence-electron chi connectivity index (χ2n) is 6.14. The number of carbonyl (C=O) groups is 1. The molecule has 1 fully saturated rings. The SMILES string of the molecule is CC(NC(=O)CCC1CCNCC1)c1cccc(OC(F)(F)F)c1.Cl. The lowest BCUT2D eigenvalue weighted by molar-refractivity contribution is -0.274. The first-order valence-electron chi connectivity index (χ1n) is 8.19. The van der Waals surface area contributed by atoms with Gasteiger partial charge in [-0.25, -0.2) is 0 Å². The molecule has 0 aliphatic carbocycles. The van der Waals surface area contributed by atoms with Crippen LogP contribution in [0.4, 0.5) is 13.2 Å². The van der Waals surface area contributed by atoms with Gasteiger partial charge in [0.15, 0.2) is 0 Å². The molecule has 1 aliphatic rings. The molecule has 142 valence electrons. The Bertz CT molecular complexity index is 549. The molecule has 1 atom stereocenters. The molecule has 1 unspecified atom stereocenters. The van der Waals surface area contributed by atoms with Crippen molar-refractivity contribution in [2.45, 2.75) is 45.0 Å². The molecule has 0 bridgehead atoms. The Morgan fingerprint density at radius 1 is 1.36 bits per heavy atom. The summed E-state index contributed by atoms with van der Waals surface area (Å²) in [5.41, 5.74) is 0.576. The van der Waals surface area contributed by atoms with Crippen LogP contribution in [0.3, 0.4) is 0 Å². The quantitative estimate of drug-likeness (QED) is 0.785. The van der Waals surface area contributed by atoms with Gasteiger partial charge in [-0.05, 0) is 62.9 Å². The lowest BCUT2D eigenvalue weighted by atomic mass is 9.93. The maximum atomic E-state index is 12.3. The number of halogens is 4. The highest BCUT2D eigenvalue weighted by molar-refractivity contribution is 5.85. The van der Waals surface area contributed by atoms with E-state index in [1.807, 2.05) is 0 Å². The summed E-state index contributed by atoms with van der Waals surface area (Å²) in [5, 5.41) is 6.12. The molecular formula is C17H24ClF3N2O2. The van der Waals surface area contributed by atoms with Gasteiger partial charge in [0.1, 0.15) is 5.75 Å². The van der Waals surface area contributed by atoms with Crippen LogP contribution >= 0.6 is 12.4 Å². The fourth-order valence-corrected chi connectivity index (χ4v) is 2.88. The Morgan fingerprint density at radius 3 is 2.68 bits per heavy atom. The highest BCUT2D eigenvalue weighted by atomic mass is 35.5. The molecule has 1 aromatic carbocycles. The second kappa shape index (κ2) is 9.87. The largest absolute Gasteiger partial charge is 0.573 e. The average molecular weight is 381 g/mol. The zero-order valence-corrected chi connectivity index (χ0v) is 14.9. The van der Waals surface area contributed by atoms with Crippen molar-refractivity contribution >= 4 is 18.3 Å². The first kappa shape index (κ1) is 21.6. The van der Waals surface area contributed by atoms with Crippen molar-refractivity contribution in [2.75, 3.05) is 13.1 Å². The summed E-state index contributed by atoms with van der Waals surface area (Å²) in [5.74, 6) is 0.204. The molecular weight excluding hydrogens is 357 g/mol. The van der Waals surface area contributed by atoms with Crippen LogP contribution in [0.2, 0.25) is 0 Å². The van der Waals surface area contributed by atoms with Gasteiger partial charge in [-0.3, -0.25) is 4.79 Å². The molecule has 2 rings (SSSR count). The summed E-state index contributed by atoms with van der Waals surface area (Å²) < 4.78 is 40.7. The minimum atomic E-state index is -4.72. The number of nitrogens with one attached hydrogen (secondary N) is 2. The Morgan fingerprint density at radius 2 is 2.04 bits per heavy atom. The lowest BCUT2D eigenvalue weighted by Gasteiger charge is -2.22. The summed E-state index contributed by atoms with van der Waals surface area (Å²) >= 11 is 0. The summed E-state index contributed by atoms with van der Waals surface area (Å²) in [6.07, 6.45) is -1.27. The molecule has 1 amide bonds. The van der Waals surface area contributed by atoms with E-state index < -0.39 is 6.36 Å². The van der Waals surface area contributed by atoms with E-state index in [2.05, 4.69) is 15.4 Å². The highest BCUT2D eigenvalue weighted by Crippen LogP contribution is 2.25. The van der Waals surface area contributed by atoms with Gasteiger partial charge in [-0.1, -0.05) is 12.1 Å². The van der Waals surface area contributed by atoms with E-state index >= 15 is 0 Å². The third-order valence-corrected chi connectivity index (χ3v) is 4.21. The Kier molecular flexibility index (Phi) is 8.52. The van der Waals surface area contributed by atoms with Crippen LogP contribution in [-0.4, -0.2) is 25.4 Å². The van der Waals surface area contributed by atoms with Gasteiger partial charge >= 0.3 is 6.36 Å². The smallest absolute Gasteiger partial charge is 0.406 e. The number of ether oxygens (including phenoxy) is 1. The summed E-state index contributed by atoms with van der Waals surface area (Å²) in [6.45, 7) is 3.73. The minimum absolute atomic E-state index is 0. The molecule has 25 heavy (non-hydrogen) atoms. The van der Waals surface area contributed by atoms with E-state index in [0.29, 0.717) is 17.9 Å². The van der Waals surface area contributed by atoms with Crippen LogP contribution in [0.5, 0.6) is 5.75 Å². The first-order valence-corrected chi connectivity index (χ1v) is 8.19. The van der Waals surface area contributed by atoms with Gasteiger partial charge in [0.2, 0.25) is 5.91 Å². The fraction of sp³-hybridized carbons (Fsp3) is 0.588. The molecule has 8 heteroatoms. The fourth-order valence-electron chi connectivity index (χ4n) is 2.88. The van der Waals surface area contributed by atoms with Gasteiger partial charge in [0, 0.05) is 6.42 Å². The molecule has 0 radical (unpaired) electrons. The molecule has 1 aliphatic heterocycles. The maximum absolute atomic E-state index is 12.3. The predicted molar refractivity (Wildman–Crippen MR) is 91.8 cm³/mol. The third-order valence-electron chi connectivity index (χ3n) is 4.21. The maximum Gasteiger partial charge on any atom is 0.573 e. The van der Waals surface area contributed by atoms with E-state index in [1.165, 1.54) is 18.2 Å². The number of hydrogen-bond donors (Lipinski definition) is 2. The number of hydrogen-bond acceptors (Lipinski definition) is 3. The summed E-state index contributed by atoms with van der Waals surface area (Å²) in [6, 6.07) is 5.31. The van der Waals surface area contributed by atoms with Crippen molar-refractivity contribution in [1.82, 2.24) is 10.6 Å². The molecule has 0 saturated carbocycles. The number of rotatable bonds is 6. The molecule has 0 spiro atoms. The van der Waals surface area contributed by atoms with Crippen LogP contribution in [0.25, 0.3) is 0 Å². The summed E-state index contributed by atoms with van der Waals surface area (Å²) in [4.78, 5) is 12.0. The number of benzene rings is 1. The monoisotopic (exact) mass is 380 g/mol. The number of piperidine rings is 1. The van der Waals surface area contributed by atoms with Crippen LogP contribution < -0.4 is 15.4 Å². The van der Waals surface area contributed by atoms with Crippen molar-refractivity contribution in [1.29, 1.82) is 0 Å². The van der Waals surface area contributed by atoms with E-state index in [4.69, 9.17) is 0 Å². The molecule has 2 N–H and O–H groups in total. The van der Waals surface area contributed by atoms with Crippen LogP contribution in [0, 0.1) is 5.92 Å². The van der Waals surface area contributed by atoms with Crippen LogP contribution in [-0.2, 0) is 4.79 Å². The van der Waals surface area contributed by atoms with E-state index in [0.717, 1.165) is 32.4 Å². The molecule has 1 aromatic rings. The van der Waals surface area contributed by atoms with E-state index in [-0.39, 0.29) is 30.1 Å². The van der Waals surface area contributed by atoms with Gasteiger partial charge in [-0.2, -0.15) is 0 Å². The standard InChI is InChI=1S/C17H23F3N2O2.ClH/c1-12(14-3-2-4-15(11-14)24-17(18,19)20)22-16(23)6-5-13-7-9-21-10-8-13;/h2-4,11-13,21H,5-10H2,1H3,(H,22,23);1H. The molecule has 4 nitrogen and oxygen atoms in total. The number of carbonyl (C=O) groups excluding carboxylic acids is 1. The summed E-state index contributed by atoms with van der Waals surface area (Å²) in [7, 11) is 0. The Hall–Kier alpha value is -1.47. The Balaban J connectivity index is 0.00000312. The third kappa shape index (κ3) is 7.96. The van der Waals surface area contributed by atoms with E-state index in [9.17, 15) is 18.0 Å². The highest BCUT2D eigenvalue weighted by Gasteiger charge is 2.31. The van der Waals surface area contributed by atoms with Gasteiger partial charge in [0.25, 0.3) is 0 Å². The first-order chi connectivity index (χ1) is 11.3. The van der Waals surface area contributed by atoms with Crippen LogP contribution in [0.15, 0.2) is 24.3 Å². The second-order valence-corrected chi connectivity index (χ2v) is 6.14. The lowest BCUT2D eigenvalue weighted by Crippen LogP contribution is -2.30. The van der Waals surface area contributed by atoms with E-state index in [1.54, 1.807) is 13.0 Å². The van der Waals surface area contributed by atoms with Crippen molar-refractivity contribution in [3.05, 3.63) is 29.8 Å². The van der Waals surface area contributed by atoms with Gasteiger partial charge < -0.3 is 15.4 Å². The molecule has 0 aromatic heterocycles. The molecule has 1 heterocycles. The average Bonchev–Trinajstić information content (AvgIpc) is 2.52. The number of alkyl halides is 3. The van der Waals surface area contributed by atoms with Crippen molar-refractivity contribution in [3.8, 4) is 5.75 Å². The van der Waals surface area contributed by atoms with Crippen molar-refractivity contribution in [2.24, 2.45) is 5.92 Å². The van der Waals surface area contributed by atoms with Crippen LogP contribution in [0.1, 0.15) is 44.2 Å². The normalized spacial score (nSPS) is 16.6. The van der Waals surface area contributed by atoms with Gasteiger partial charge in [0.05, 0.1) is 6.04 Å². The van der Waals surface area contributed by atoms with Crippen molar-refractivity contribution < 1.29 is 22.7 Å². The predicted octanol–water partition coefficient (Wildman–Crippen LogP) is 3.96.